The highest BCUT2D eigenvalue weighted by Gasteiger charge is 2.23. The Labute approximate surface area is 123 Å². The SMILES string of the molecule is COc1c(C(C)CCC(C)=O)cc(C)cc1C(C)(C)C. The third-order valence-corrected chi connectivity index (χ3v) is 3.73. The summed E-state index contributed by atoms with van der Waals surface area (Å²) in [4.78, 5) is 11.2. The first-order chi connectivity index (χ1) is 9.16. The maximum atomic E-state index is 11.2. The van der Waals surface area contributed by atoms with Crippen LogP contribution in [0.3, 0.4) is 0 Å². The van der Waals surface area contributed by atoms with E-state index >= 15 is 0 Å². The van der Waals surface area contributed by atoms with Crippen LogP contribution in [0.2, 0.25) is 0 Å². The number of ether oxygens (including phenoxy) is 1. The van der Waals surface area contributed by atoms with Crippen molar-refractivity contribution in [2.75, 3.05) is 7.11 Å². The summed E-state index contributed by atoms with van der Waals surface area (Å²) in [6, 6.07) is 4.40. The number of hydrogen-bond donors (Lipinski definition) is 0. The van der Waals surface area contributed by atoms with Crippen LogP contribution in [0.15, 0.2) is 12.1 Å². The lowest BCUT2D eigenvalue weighted by Crippen LogP contribution is -2.15. The maximum absolute atomic E-state index is 11.2. The van der Waals surface area contributed by atoms with Crippen LogP contribution in [0.5, 0.6) is 5.75 Å². The van der Waals surface area contributed by atoms with E-state index in [4.69, 9.17) is 4.74 Å². The number of benzene rings is 1. The van der Waals surface area contributed by atoms with Crippen molar-refractivity contribution in [1.82, 2.24) is 0 Å². The molecule has 0 amide bonds. The first kappa shape index (κ1) is 16.7. The van der Waals surface area contributed by atoms with Crippen molar-refractivity contribution in [3.63, 3.8) is 0 Å². The van der Waals surface area contributed by atoms with Gasteiger partial charge in [-0.3, -0.25) is 0 Å². The van der Waals surface area contributed by atoms with Crippen LogP contribution in [0.25, 0.3) is 0 Å². The van der Waals surface area contributed by atoms with Crippen molar-refractivity contribution in [2.45, 2.75) is 65.7 Å². The fourth-order valence-electron chi connectivity index (χ4n) is 2.53. The number of hydrogen-bond acceptors (Lipinski definition) is 2. The van der Waals surface area contributed by atoms with Crippen molar-refractivity contribution >= 4 is 5.78 Å². The Morgan fingerprint density at radius 1 is 1.30 bits per heavy atom. The average Bonchev–Trinajstić information content (AvgIpc) is 2.33. The van der Waals surface area contributed by atoms with Gasteiger partial charge in [-0.15, -0.1) is 0 Å². The van der Waals surface area contributed by atoms with Crippen LogP contribution in [-0.4, -0.2) is 12.9 Å². The van der Waals surface area contributed by atoms with Crippen molar-refractivity contribution < 1.29 is 9.53 Å². The van der Waals surface area contributed by atoms with Crippen LogP contribution >= 0.6 is 0 Å². The minimum absolute atomic E-state index is 0.0480. The number of Topliss-reactive ketones (excluding diaryl/α,β-unsaturated/α-hetero) is 1. The molecular formula is C18H28O2. The lowest BCUT2D eigenvalue weighted by atomic mass is 9.81. The van der Waals surface area contributed by atoms with E-state index in [0.29, 0.717) is 12.3 Å². The number of carbonyl (C=O) groups excluding carboxylic acids is 1. The predicted molar refractivity (Wildman–Crippen MR) is 84.8 cm³/mol. The van der Waals surface area contributed by atoms with Gasteiger partial charge >= 0.3 is 0 Å². The molecule has 0 saturated carbocycles. The number of methoxy groups -OCH3 is 1. The highest BCUT2D eigenvalue weighted by atomic mass is 16.5. The number of rotatable bonds is 5. The fourth-order valence-corrected chi connectivity index (χ4v) is 2.53. The number of carbonyl (C=O) groups is 1. The number of aryl methyl sites for hydroxylation is 1. The molecular weight excluding hydrogens is 248 g/mol. The molecule has 20 heavy (non-hydrogen) atoms. The van der Waals surface area contributed by atoms with E-state index in [2.05, 4.69) is 46.8 Å². The summed E-state index contributed by atoms with van der Waals surface area (Å²) in [5.74, 6) is 1.56. The van der Waals surface area contributed by atoms with Crippen molar-refractivity contribution in [1.29, 1.82) is 0 Å². The van der Waals surface area contributed by atoms with Gasteiger partial charge in [-0.05, 0) is 37.2 Å². The Morgan fingerprint density at radius 3 is 2.35 bits per heavy atom. The second kappa shape index (κ2) is 6.43. The third kappa shape index (κ3) is 4.09. The van der Waals surface area contributed by atoms with Crippen molar-refractivity contribution in [3.8, 4) is 5.75 Å². The molecule has 2 nitrogen and oxygen atoms in total. The first-order valence-corrected chi connectivity index (χ1v) is 7.35. The second-order valence-corrected chi connectivity index (χ2v) is 6.83. The molecule has 0 saturated heterocycles. The molecule has 1 atom stereocenters. The lowest BCUT2D eigenvalue weighted by Gasteiger charge is -2.26. The molecule has 1 aromatic rings. The summed E-state index contributed by atoms with van der Waals surface area (Å²) >= 11 is 0. The fraction of sp³-hybridized carbons (Fsp3) is 0.611. The summed E-state index contributed by atoms with van der Waals surface area (Å²) in [5, 5.41) is 0. The Hall–Kier alpha value is -1.31. The van der Waals surface area contributed by atoms with Gasteiger partial charge in [0.25, 0.3) is 0 Å². The van der Waals surface area contributed by atoms with Crippen LogP contribution in [0.4, 0.5) is 0 Å². The van der Waals surface area contributed by atoms with Gasteiger partial charge in [0.2, 0.25) is 0 Å². The second-order valence-electron chi connectivity index (χ2n) is 6.83. The normalized spacial score (nSPS) is 13.2. The van der Waals surface area contributed by atoms with Crippen molar-refractivity contribution in [2.24, 2.45) is 0 Å². The monoisotopic (exact) mass is 276 g/mol. The molecule has 0 aliphatic heterocycles. The molecule has 0 aliphatic rings. The van der Waals surface area contributed by atoms with Crippen molar-refractivity contribution in [3.05, 3.63) is 28.8 Å². The van der Waals surface area contributed by atoms with Crippen LogP contribution in [0, 0.1) is 6.92 Å². The molecule has 0 aromatic heterocycles. The molecule has 0 aliphatic carbocycles. The molecule has 112 valence electrons. The molecule has 0 fully saturated rings. The highest BCUT2D eigenvalue weighted by Crippen LogP contribution is 2.39. The Balaban J connectivity index is 3.24. The van der Waals surface area contributed by atoms with Gasteiger partial charge in [-0.2, -0.15) is 0 Å². The molecule has 0 bridgehead atoms. The first-order valence-electron chi connectivity index (χ1n) is 7.35. The minimum atomic E-state index is 0.0480. The standard InChI is InChI=1S/C18H28O2/c1-12-10-15(13(2)8-9-14(3)19)17(20-7)16(11-12)18(4,5)6/h10-11,13H,8-9H2,1-7H3. The van der Waals surface area contributed by atoms with Crippen LogP contribution in [0.1, 0.15) is 70.1 Å². The van der Waals surface area contributed by atoms with Gasteiger partial charge in [0.1, 0.15) is 11.5 Å². The van der Waals surface area contributed by atoms with Gasteiger partial charge < -0.3 is 9.53 Å². The molecule has 0 N–H and O–H groups in total. The van der Waals surface area contributed by atoms with Gasteiger partial charge in [0.05, 0.1) is 7.11 Å². The van der Waals surface area contributed by atoms with Crippen LogP contribution < -0.4 is 4.74 Å². The average molecular weight is 276 g/mol. The lowest BCUT2D eigenvalue weighted by molar-refractivity contribution is -0.117. The molecule has 1 aromatic carbocycles. The van der Waals surface area contributed by atoms with Gasteiger partial charge in [0, 0.05) is 12.0 Å². The van der Waals surface area contributed by atoms with Gasteiger partial charge in [-0.1, -0.05) is 45.4 Å². The largest absolute Gasteiger partial charge is 0.496 e. The summed E-state index contributed by atoms with van der Waals surface area (Å²) in [7, 11) is 1.74. The predicted octanol–water partition coefficient (Wildman–Crippen LogP) is 4.77. The number of ketones is 1. The van der Waals surface area contributed by atoms with E-state index in [1.54, 1.807) is 14.0 Å². The Morgan fingerprint density at radius 2 is 1.90 bits per heavy atom. The summed E-state index contributed by atoms with van der Waals surface area (Å²) in [6.07, 6.45) is 1.50. The van der Waals surface area contributed by atoms with Gasteiger partial charge in [0.15, 0.2) is 0 Å². The molecule has 2 heteroatoms. The third-order valence-electron chi connectivity index (χ3n) is 3.73. The maximum Gasteiger partial charge on any atom is 0.129 e. The molecule has 0 heterocycles. The van der Waals surface area contributed by atoms with E-state index in [1.807, 2.05) is 0 Å². The molecule has 0 spiro atoms. The topological polar surface area (TPSA) is 26.3 Å². The summed E-state index contributed by atoms with van der Waals surface area (Å²) in [5.41, 5.74) is 3.76. The Kier molecular flexibility index (Phi) is 5.38. The highest BCUT2D eigenvalue weighted by molar-refractivity contribution is 5.75. The summed E-state index contributed by atoms with van der Waals surface area (Å²) < 4.78 is 5.70. The quantitative estimate of drug-likeness (QED) is 0.774. The van der Waals surface area contributed by atoms with E-state index in [9.17, 15) is 4.79 Å². The zero-order chi connectivity index (χ0) is 15.5. The Bertz CT molecular complexity index is 481. The molecule has 1 rings (SSSR count). The smallest absolute Gasteiger partial charge is 0.129 e. The molecule has 1 unspecified atom stereocenters. The summed E-state index contributed by atoms with van der Waals surface area (Å²) in [6.45, 7) is 12.6. The van der Waals surface area contributed by atoms with Crippen LogP contribution in [-0.2, 0) is 10.2 Å². The van der Waals surface area contributed by atoms with E-state index in [0.717, 1.165) is 12.2 Å². The van der Waals surface area contributed by atoms with E-state index in [-0.39, 0.29) is 11.2 Å². The zero-order valence-corrected chi connectivity index (χ0v) is 14.0. The van der Waals surface area contributed by atoms with Gasteiger partial charge in [-0.25, -0.2) is 0 Å². The molecule has 0 radical (unpaired) electrons. The zero-order valence-electron chi connectivity index (χ0n) is 14.0. The van der Waals surface area contributed by atoms with E-state index in [1.165, 1.54) is 16.7 Å². The minimum Gasteiger partial charge on any atom is -0.496 e. The van der Waals surface area contributed by atoms with E-state index < -0.39 is 0 Å².